The van der Waals surface area contributed by atoms with E-state index < -0.39 is 9.84 Å². The Morgan fingerprint density at radius 1 is 1.78 bits per heavy atom. The Hall–Kier alpha value is -0.350. The van der Waals surface area contributed by atoms with Crippen LogP contribution in [0.15, 0.2) is 11.5 Å². The largest absolute Gasteiger partial charge is 0.367 e. The molecule has 0 aromatic carbocycles. The summed E-state index contributed by atoms with van der Waals surface area (Å²) >= 11 is 0. The van der Waals surface area contributed by atoms with Gasteiger partial charge >= 0.3 is 0 Å². The van der Waals surface area contributed by atoms with Gasteiger partial charge < -0.3 is 4.74 Å². The molecular weight excluding hydrogens is 140 g/mol. The Labute approximate surface area is 54.2 Å². The summed E-state index contributed by atoms with van der Waals surface area (Å²) in [6.07, 6.45) is 0.914. The first-order valence-corrected chi connectivity index (χ1v) is 4.41. The van der Waals surface area contributed by atoms with Crippen molar-refractivity contribution in [3.8, 4) is 0 Å². The lowest BCUT2D eigenvalue weighted by molar-refractivity contribution is 0.436. The molecule has 0 unspecified atom stereocenters. The average Bonchev–Trinajstić information content (AvgIpc) is 2.40. The van der Waals surface area contributed by atoms with Crippen LogP contribution in [0.1, 0.15) is 0 Å². The molecule has 4 heteroatoms. The van der Waals surface area contributed by atoms with Crippen molar-refractivity contribution in [3.63, 3.8) is 0 Å². The number of hydrogen-bond acceptors (Lipinski definition) is 3. The van der Waals surface area contributed by atoms with Gasteiger partial charge in [-0.25, -0.2) is 8.42 Å². The summed E-state index contributed by atoms with van der Waals surface area (Å²) in [6, 6.07) is 0. The number of ether oxygens (including phenoxy) is 1. The lowest BCUT2D eigenvalue weighted by Gasteiger charge is -1.94. The van der Waals surface area contributed by atoms with Crippen LogP contribution >= 0.6 is 0 Å². The van der Waals surface area contributed by atoms with E-state index in [0.29, 0.717) is 6.61 Å². The maximum Gasteiger partial charge on any atom is 0.173 e. The second kappa shape index (κ2) is 1.82. The van der Waals surface area contributed by atoms with Crippen LogP contribution in [0.4, 0.5) is 0 Å². The molecule has 0 saturated carbocycles. The minimum Gasteiger partial charge on any atom is -0.367 e. The smallest absolute Gasteiger partial charge is 0.173 e. The van der Waals surface area contributed by atoms with Gasteiger partial charge in [-0.1, -0.05) is 6.58 Å². The highest BCUT2D eigenvalue weighted by Crippen LogP contribution is 2.21. The van der Waals surface area contributed by atoms with Crippen LogP contribution < -0.4 is 0 Å². The Morgan fingerprint density at radius 3 is 2.33 bits per heavy atom. The highest BCUT2D eigenvalue weighted by atomic mass is 32.2. The number of rotatable bonds is 2. The zero-order chi connectivity index (χ0) is 7.07. The first-order chi connectivity index (χ1) is 4.02. The second-order valence-corrected chi connectivity index (χ2v) is 4.13. The maximum absolute atomic E-state index is 10.6. The van der Waals surface area contributed by atoms with E-state index in [1.165, 1.54) is 0 Å². The van der Waals surface area contributed by atoms with Gasteiger partial charge in [-0.15, -0.1) is 0 Å². The first-order valence-electron chi connectivity index (χ1n) is 2.52. The zero-order valence-electron chi connectivity index (χ0n) is 5.12. The van der Waals surface area contributed by atoms with Gasteiger partial charge in [0.15, 0.2) is 9.84 Å². The van der Waals surface area contributed by atoms with Crippen LogP contribution in [0.25, 0.3) is 0 Å². The van der Waals surface area contributed by atoms with Gasteiger partial charge in [-0.3, -0.25) is 0 Å². The van der Waals surface area contributed by atoms with Gasteiger partial charge in [0.2, 0.25) is 0 Å². The number of epoxide rings is 1. The third-order valence-electron chi connectivity index (χ3n) is 1.17. The third-order valence-corrected chi connectivity index (χ3v) is 2.38. The molecular formula is C5H8O3S. The standard InChI is InChI=1S/C5H8O3S/c1-4(5-3-8-5)9(2,6)7/h5H,1,3H2,2H3/t5-/m1/s1. The van der Waals surface area contributed by atoms with Crippen molar-refractivity contribution >= 4 is 9.84 Å². The molecule has 1 heterocycles. The van der Waals surface area contributed by atoms with E-state index in [2.05, 4.69) is 6.58 Å². The molecule has 1 saturated heterocycles. The van der Waals surface area contributed by atoms with Crippen LogP contribution in [0.3, 0.4) is 0 Å². The van der Waals surface area contributed by atoms with Crippen LogP contribution in [-0.4, -0.2) is 27.4 Å². The molecule has 0 aromatic heterocycles. The van der Waals surface area contributed by atoms with Crippen molar-refractivity contribution in [2.24, 2.45) is 0 Å². The minimum absolute atomic E-state index is 0.197. The van der Waals surface area contributed by atoms with Crippen molar-refractivity contribution in [1.29, 1.82) is 0 Å². The molecule has 0 aromatic rings. The molecule has 1 atom stereocenters. The van der Waals surface area contributed by atoms with Crippen LogP contribution in [0, 0.1) is 0 Å². The summed E-state index contributed by atoms with van der Waals surface area (Å²) in [5.74, 6) is 0. The van der Waals surface area contributed by atoms with E-state index in [1.54, 1.807) is 0 Å². The van der Waals surface area contributed by atoms with E-state index >= 15 is 0 Å². The fourth-order valence-electron chi connectivity index (χ4n) is 0.473. The summed E-state index contributed by atoms with van der Waals surface area (Å²) in [5.41, 5.74) is 0. The molecule has 9 heavy (non-hydrogen) atoms. The summed E-state index contributed by atoms with van der Waals surface area (Å²) in [4.78, 5) is 0.197. The molecule has 0 bridgehead atoms. The van der Waals surface area contributed by atoms with Gasteiger partial charge in [-0.05, 0) is 0 Å². The molecule has 1 aliphatic heterocycles. The maximum atomic E-state index is 10.6. The van der Waals surface area contributed by atoms with Gasteiger partial charge in [0.25, 0.3) is 0 Å². The Morgan fingerprint density at radius 2 is 2.22 bits per heavy atom. The first kappa shape index (κ1) is 6.77. The Bertz CT molecular complexity index is 223. The van der Waals surface area contributed by atoms with E-state index in [4.69, 9.17) is 4.74 Å². The molecule has 0 N–H and O–H groups in total. The van der Waals surface area contributed by atoms with Crippen LogP contribution in [-0.2, 0) is 14.6 Å². The lowest BCUT2D eigenvalue weighted by atomic mass is 10.5. The highest BCUT2D eigenvalue weighted by Gasteiger charge is 2.31. The summed E-state index contributed by atoms with van der Waals surface area (Å²) < 4.78 is 26.0. The third kappa shape index (κ3) is 1.53. The zero-order valence-corrected chi connectivity index (χ0v) is 5.94. The number of sulfone groups is 1. The average molecular weight is 148 g/mol. The van der Waals surface area contributed by atoms with Crippen molar-refractivity contribution in [2.45, 2.75) is 6.10 Å². The topological polar surface area (TPSA) is 46.7 Å². The van der Waals surface area contributed by atoms with Crippen molar-refractivity contribution in [2.75, 3.05) is 12.9 Å². The van der Waals surface area contributed by atoms with Crippen molar-refractivity contribution in [1.82, 2.24) is 0 Å². The molecule has 0 aliphatic carbocycles. The Balaban J connectivity index is 2.73. The summed E-state index contributed by atoms with van der Waals surface area (Å²) in [7, 11) is -3.06. The molecule has 52 valence electrons. The molecule has 1 fully saturated rings. The summed E-state index contributed by atoms with van der Waals surface area (Å²) in [5, 5.41) is 0. The van der Waals surface area contributed by atoms with E-state index in [1.807, 2.05) is 0 Å². The predicted octanol–water partition coefficient (Wildman–Crippen LogP) is -0.0565. The van der Waals surface area contributed by atoms with Crippen molar-refractivity contribution in [3.05, 3.63) is 11.5 Å². The molecule has 0 spiro atoms. The van der Waals surface area contributed by atoms with Crippen LogP contribution in [0.2, 0.25) is 0 Å². The number of hydrogen-bond donors (Lipinski definition) is 0. The quantitative estimate of drug-likeness (QED) is 0.515. The molecule has 0 amide bonds. The lowest BCUT2D eigenvalue weighted by Crippen LogP contribution is -2.04. The van der Waals surface area contributed by atoms with Gasteiger partial charge in [-0.2, -0.15) is 0 Å². The molecule has 1 rings (SSSR count). The fraction of sp³-hybridized carbons (Fsp3) is 0.600. The normalized spacial score (nSPS) is 25.7. The fourth-order valence-corrected chi connectivity index (χ4v) is 1.09. The van der Waals surface area contributed by atoms with Crippen molar-refractivity contribution < 1.29 is 13.2 Å². The predicted molar refractivity (Wildman–Crippen MR) is 33.7 cm³/mol. The van der Waals surface area contributed by atoms with Crippen LogP contribution in [0.5, 0.6) is 0 Å². The van der Waals surface area contributed by atoms with E-state index in [0.717, 1.165) is 6.26 Å². The Kier molecular flexibility index (Phi) is 1.36. The van der Waals surface area contributed by atoms with Gasteiger partial charge in [0, 0.05) is 6.26 Å². The van der Waals surface area contributed by atoms with E-state index in [-0.39, 0.29) is 11.0 Å². The second-order valence-electron chi connectivity index (χ2n) is 2.06. The SMILES string of the molecule is C=C([C@H]1CO1)S(C)(=O)=O. The summed E-state index contributed by atoms with van der Waals surface area (Å²) in [6.45, 7) is 3.88. The van der Waals surface area contributed by atoms with Gasteiger partial charge in [0.05, 0.1) is 11.5 Å². The molecule has 3 nitrogen and oxygen atoms in total. The van der Waals surface area contributed by atoms with E-state index in [9.17, 15) is 8.42 Å². The molecule has 0 radical (unpaired) electrons. The molecule has 1 aliphatic rings. The highest BCUT2D eigenvalue weighted by molar-refractivity contribution is 7.94. The minimum atomic E-state index is -3.06. The monoisotopic (exact) mass is 148 g/mol. The van der Waals surface area contributed by atoms with Gasteiger partial charge in [0.1, 0.15) is 6.10 Å².